The summed E-state index contributed by atoms with van der Waals surface area (Å²) in [7, 11) is 0. The molecular weight excluding hydrogens is 299 g/mol. The van der Waals surface area contributed by atoms with Crippen LogP contribution in [-0.4, -0.2) is 20.4 Å². The lowest BCUT2D eigenvalue weighted by Crippen LogP contribution is -2.12. The van der Waals surface area contributed by atoms with E-state index in [9.17, 15) is 9.18 Å². The first-order chi connectivity index (χ1) is 9.27. The number of rotatable bonds is 3. The summed E-state index contributed by atoms with van der Waals surface area (Å²) in [4.78, 5) is 15.5. The molecule has 0 saturated carbocycles. The number of benzene rings is 1. The van der Waals surface area contributed by atoms with Crippen molar-refractivity contribution in [2.75, 3.05) is 0 Å². The highest BCUT2D eigenvalue weighted by atomic mass is 32.2. The maximum Gasteiger partial charge on any atom is 0.335 e. The predicted octanol–water partition coefficient (Wildman–Crippen LogP) is 3.82. The number of halogens is 1. The van der Waals surface area contributed by atoms with Gasteiger partial charge in [-0.2, -0.15) is 4.37 Å². The van der Waals surface area contributed by atoms with Crippen molar-refractivity contribution in [3.05, 3.63) is 35.4 Å². The number of nitrogens with zero attached hydrogens (tertiary/aromatic N) is 2. The molecule has 0 aliphatic carbocycles. The molecule has 0 saturated heterocycles. The van der Waals surface area contributed by atoms with Crippen LogP contribution in [0.15, 0.2) is 27.4 Å². The van der Waals surface area contributed by atoms with Gasteiger partial charge < -0.3 is 5.11 Å². The quantitative estimate of drug-likeness (QED) is 0.933. The first kappa shape index (κ1) is 14.9. The molecule has 0 unspecified atom stereocenters. The minimum Gasteiger partial charge on any atom is -0.478 e. The molecule has 7 heteroatoms. The lowest BCUT2D eigenvalue weighted by molar-refractivity contribution is 0.0696. The first-order valence-corrected chi connectivity index (χ1v) is 7.41. The zero-order valence-corrected chi connectivity index (χ0v) is 12.8. The zero-order valence-electron chi connectivity index (χ0n) is 11.2. The molecule has 0 fully saturated rings. The fourth-order valence-corrected chi connectivity index (χ4v) is 3.17. The van der Waals surface area contributed by atoms with E-state index >= 15 is 0 Å². The van der Waals surface area contributed by atoms with Crippen LogP contribution in [0.3, 0.4) is 0 Å². The topological polar surface area (TPSA) is 63.1 Å². The van der Waals surface area contributed by atoms with E-state index in [1.54, 1.807) is 0 Å². The summed E-state index contributed by atoms with van der Waals surface area (Å²) in [6.07, 6.45) is 0. The number of carboxylic acid groups (broad SMARTS) is 1. The van der Waals surface area contributed by atoms with E-state index in [-0.39, 0.29) is 15.9 Å². The number of aromatic nitrogens is 2. The van der Waals surface area contributed by atoms with Crippen molar-refractivity contribution in [3.8, 4) is 0 Å². The minimum atomic E-state index is -1.08. The number of aromatic carboxylic acids is 1. The van der Waals surface area contributed by atoms with E-state index in [1.165, 1.54) is 23.7 Å². The Bertz CT molecular complexity index is 650. The molecule has 0 bridgehead atoms. The summed E-state index contributed by atoms with van der Waals surface area (Å²) < 4.78 is 18.5. The molecule has 1 aromatic heterocycles. The van der Waals surface area contributed by atoms with Crippen LogP contribution in [0.5, 0.6) is 0 Å². The van der Waals surface area contributed by atoms with E-state index in [0.29, 0.717) is 10.2 Å². The van der Waals surface area contributed by atoms with E-state index in [4.69, 9.17) is 5.11 Å². The van der Waals surface area contributed by atoms with Crippen LogP contribution in [0.1, 0.15) is 37.0 Å². The predicted molar refractivity (Wildman–Crippen MR) is 76.1 cm³/mol. The molecule has 0 atom stereocenters. The highest BCUT2D eigenvalue weighted by Crippen LogP contribution is 2.33. The lowest BCUT2D eigenvalue weighted by atomic mass is 9.96. The molecule has 0 spiro atoms. The molecule has 1 heterocycles. The summed E-state index contributed by atoms with van der Waals surface area (Å²) in [5.74, 6) is -0.855. The van der Waals surface area contributed by atoms with Gasteiger partial charge in [-0.1, -0.05) is 32.5 Å². The van der Waals surface area contributed by atoms with Crippen LogP contribution in [-0.2, 0) is 5.41 Å². The third-order valence-corrected chi connectivity index (χ3v) is 4.24. The van der Waals surface area contributed by atoms with Crippen LogP contribution in [0.2, 0.25) is 0 Å². The summed E-state index contributed by atoms with van der Waals surface area (Å²) in [5.41, 5.74) is -0.119. The molecule has 20 heavy (non-hydrogen) atoms. The van der Waals surface area contributed by atoms with Gasteiger partial charge in [-0.25, -0.2) is 14.2 Å². The Labute approximate surface area is 124 Å². The van der Waals surface area contributed by atoms with Gasteiger partial charge in [-0.3, -0.25) is 0 Å². The summed E-state index contributed by atoms with van der Waals surface area (Å²) >= 11 is 2.27. The van der Waals surface area contributed by atoms with E-state index < -0.39 is 11.8 Å². The Morgan fingerprint density at radius 1 is 1.40 bits per heavy atom. The molecule has 4 nitrogen and oxygen atoms in total. The van der Waals surface area contributed by atoms with Crippen molar-refractivity contribution in [2.45, 2.75) is 35.4 Å². The Balaban J connectivity index is 2.28. The molecular formula is C13H13FN2O2S2. The minimum absolute atomic E-state index is 0.0504. The Morgan fingerprint density at radius 2 is 2.10 bits per heavy atom. The van der Waals surface area contributed by atoms with E-state index in [0.717, 1.165) is 17.8 Å². The van der Waals surface area contributed by atoms with Crippen molar-refractivity contribution in [2.24, 2.45) is 0 Å². The second-order valence-corrected chi connectivity index (χ2v) is 7.23. The van der Waals surface area contributed by atoms with Crippen molar-refractivity contribution in [3.63, 3.8) is 0 Å². The van der Waals surface area contributed by atoms with Crippen LogP contribution in [0.25, 0.3) is 0 Å². The highest BCUT2D eigenvalue weighted by Gasteiger charge is 2.20. The molecule has 2 aromatic rings. The van der Waals surface area contributed by atoms with Gasteiger partial charge in [0.05, 0.1) is 10.5 Å². The van der Waals surface area contributed by atoms with Crippen LogP contribution in [0.4, 0.5) is 4.39 Å². The number of hydrogen-bond acceptors (Lipinski definition) is 5. The summed E-state index contributed by atoms with van der Waals surface area (Å²) in [6, 6.07) is 3.69. The van der Waals surface area contributed by atoms with Crippen molar-refractivity contribution in [1.29, 1.82) is 0 Å². The van der Waals surface area contributed by atoms with Crippen LogP contribution >= 0.6 is 23.3 Å². The van der Waals surface area contributed by atoms with Crippen molar-refractivity contribution in [1.82, 2.24) is 9.36 Å². The van der Waals surface area contributed by atoms with Gasteiger partial charge in [0.2, 0.25) is 0 Å². The first-order valence-electron chi connectivity index (χ1n) is 5.82. The molecule has 0 amide bonds. The smallest absolute Gasteiger partial charge is 0.335 e. The van der Waals surface area contributed by atoms with E-state index in [2.05, 4.69) is 9.36 Å². The Morgan fingerprint density at radius 3 is 2.65 bits per heavy atom. The summed E-state index contributed by atoms with van der Waals surface area (Å²) in [5, 5.41) is 8.92. The normalized spacial score (nSPS) is 11.6. The third kappa shape index (κ3) is 3.34. The van der Waals surface area contributed by atoms with Crippen molar-refractivity contribution < 1.29 is 14.3 Å². The molecule has 0 aliphatic heterocycles. The monoisotopic (exact) mass is 312 g/mol. The average Bonchev–Trinajstić information content (AvgIpc) is 2.80. The van der Waals surface area contributed by atoms with Gasteiger partial charge in [-0.05, 0) is 29.7 Å². The number of hydrogen-bond donors (Lipinski definition) is 1. The maximum atomic E-state index is 13.7. The second-order valence-electron chi connectivity index (χ2n) is 5.19. The highest BCUT2D eigenvalue weighted by molar-refractivity contribution is 8.01. The maximum absolute atomic E-state index is 13.7. The fraction of sp³-hybridized carbons (Fsp3) is 0.308. The lowest BCUT2D eigenvalue weighted by Gasteiger charge is -2.12. The number of carbonyl (C=O) groups is 1. The zero-order chi connectivity index (χ0) is 14.9. The van der Waals surface area contributed by atoms with Gasteiger partial charge in [0.25, 0.3) is 0 Å². The Hall–Kier alpha value is -1.47. The van der Waals surface area contributed by atoms with E-state index in [1.807, 2.05) is 20.8 Å². The molecule has 1 N–H and O–H groups in total. The third-order valence-electron chi connectivity index (χ3n) is 2.45. The molecule has 2 rings (SSSR count). The van der Waals surface area contributed by atoms with Gasteiger partial charge in [-0.15, -0.1) is 0 Å². The van der Waals surface area contributed by atoms with Crippen LogP contribution < -0.4 is 0 Å². The number of carboxylic acids is 1. The summed E-state index contributed by atoms with van der Waals surface area (Å²) in [6.45, 7) is 5.99. The molecule has 106 valence electrons. The van der Waals surface area contributed by atoms with Crippen molar-refractivity contribution >= 4 is 29.3 Å². The van der Waals surface area contributed by atoms with Gasteiger partial charge in [0.1, 0.15) is 11.6 Å². The van der Waals surface area contributed by atoms with Crippen LogP contribution in [0, 0.1) is 5.82 Å². The SMILES string of the molecule is CC(C)(C)c1nsc(Sc2cc(C(=O)O)ccc2F)n1. The average molecular weight is 312 g/mol. The standard InChI is InChI=1S/C13H13FN2O2S2/c1-13(2,3)11-15-12(20-16-11)19-9-6-7(10(17)18)4-5-8(9)14/h4-6H,1-3H3,(H,17,18). The Kier molecular flexibility index (Phi) is 4.10. The largest absolute Gasteiger partial charge is 0.478 e. The van der Waals surface area contributed by atoms with Gasteiger partial charge >= 0.3 is 5.97 Å². The van der Waals surface area contributed by atoms with Gasteiger partial charge in [0.15, 0.2) is 4.34 Å². The van der Waals surface area contributed by atoms with Gasteiger partial charge in [0, 0.05) is 5.41 Å². The molecule has 0 radical (unpaired) electrons. The molecule has 0 aliphatic rings. The molecule has 1 aromatic carbocycles. The fourth-order valence-electron chi connectivity index (χ4n) is 1.36. The second kappa shape index (κ2) is 5.49.